The van der Waals surface area contributed by atoms with E-state index >= 15 is 0 Å². The van der Waals surface area contributed by atoms with Gasteiger partial charge >= 0.3 is 0 Å². The van der Waals surface area contributed by atoms with Crippen LogP contribution in [-0.2, 0) is 0 Å². The number of nitrogens with zero attached hydrogens (tertiary/aromatic N) is 22. The second-order valence-electron chi connectivity index (χ2n) is 27.8. The SMILES string of the molecule is C=C(C)C.C=C(C)C.C=C(C)C.C=C(C)C=NC(=C)C.C=C(C)N.C=C(C)N=CC(C)=N.C=C(C)N=NC(=C)C.C=C(C)N=NC(C)=N.CC(=N)N.CC(=N)NN=C(C)C.CC(C)=CN=C(C)C.CC(C)=N.CC(C)=N/C=C(/C)N.CC(C)=NN=C(C)C.CC1=CNC(C)=NC1.Cc1cnc(C)nn1.Cc1cnc(C)nn1.Cc1nnc(C)nn1. The average Bonchev–Trinajstić information content (AvgIpc) is 0.973. The van der Waals surface area contributed by atoms with E-state index in [0.29, 0.717) is 51.7 Å². The van der Waals surface area contributed by atoms with Crippen molar-refractivity contribution in [1.82, 2.24) is 61.5 Å². The molecule has 4 rings (SSSR count). The molecule has 0 unspecified atom stereocenters. The lowest BCUT2D eigenvalue weighted by Crippen LogP contribution is -2.18. The molecule has 1 aliphatic heterocycles. The van der Waals surface area contributed by atoms with Gasteiger partial charge in [0, 0.05) is 88.1 Å². The molecule has 32 heteroatoms. The van der Waals surface area contributed by atoms with Crippen molar-refractivity contribution < 1.29 is 0 Å². The number of allylic oxidation sites excluding steroid dienone is 12. The molecule has 674 valence electrons. The zero-order valence-electron chi connectivity index (χ0n) is 81.9. The molecule has 0 aliphatic carbocycles. The zero-order chi connectivity index (χ0) is 97.9. The van der Waals surface area contributed by atoms with Gasteiger partial charge in [0.1, 0.15) is 23.3 Å². The molecule has 120 heavy (non-hydrogen) atoms. The Balaban J connectivity index is -0.0000000831. The van der Waals surface area contributed by atoms with Gasteiger partial charge in [-0.1, -0.05) is 68.3 Å². The van der Waals surface area contributed by atoms with Crippen LogP contribution in [0.3, 0.4) is 0 Å². The average molecular weight is 1670 g/mol. The van der Waals surface area contributed by atoms with Crippen molar-refractivity contribution in [1.29, 1.82) is 27.0 Å². The first-order chi connectivity index (χ1) is 54.6. The summed E-state index contributed by atoms with van der Waals surface area (Å²) in [5.41, 5.74) is 37.3. The van der Waals surface area contributed by atoms with E-state index in [-0.39, 0.29) is 11.7 Å². The number of aryl methyl sites for hydroxylation is 6. The predicted molar refractivity (Wildman–Crippen MR) is 528 cm³/mol. The maximum Gasteiger partial charge on any atom is 0.170 e. The molecule has 0 bridgehead atoms. The highest BCUT2D eigenvalue weighted by molar-refractivity contribution is 6.28. The zero-order valence-corrected chi connectivity index (χ0v) is 81.9. The number of azo groups is 2. The van der Waals surface area contributed by atoms with Crippen LogP contribution in [-0.4, -0.2) is 133 Å². The maximum atomic E-state index is 6.90. The quantitative estimate of drug-likeness (QED) is 0.0280. The number of nitrogens with one attached hydrogen (secondary N) is 7. The fourth-order valence-electron chi connectivity index (χ4n) is 3.31. The molecular formula is C88H162N32. The minimum atomic E-state index is 0.167. The number of amidine groups is 4. The van der Waals surface area contributed by atoms with Crippen molar-refractivity contribution >= 4 is 75.8 Å². The number of hydrazone groups is 1. The number of aromatic nitrogens is 10. The molecule has 13 N–H and O–H groups in total. The van der Waals surface area contributed by atoms with Crippen LogP contribution in [0, 0.1) is 68.6 Å². The van der Waals surface area contributed by atoms with E-state index in [4.69, 9.17) is 44.2 Å². The van der Waals surface area contributed by atoms with Gasteiger partial charge < -0.3 is 33.3 Å². The van der Waals surface area contributed by atoms with Crippen molar-refractivity contribution in [3.63, 3.8) is 0 Å². The third-order valence-corrected chi connectivity index (χ3v) is 7.10. The lowest BCUT2D eigenvalue weighted by atomic mass is 10.3. The summed E-state index contributed by atoms with van der Waals surface area (Å²) in [6.45, 7) is 110. The molecule has 0 atom stereocenters. The van der Waals surface area contributed by atoms with Crippen LogP contribution in [0.15, 0.2) is 231 Å². The van der Waals surface area contributed by atoms with Crippen molar-refractivity contribution in [2.45, 2.75) is 277 Å². The Morgan fingerprint density at radius 2 is 0.700 bits per heavy atom. The molecule has 0 fully saturated rings. The van der Waals surface area contributed by atoms with Gasteiger partial charge in [0.25, 0.3) is 0 Å². The van der Waals surface area contributed by atoms with Gasteiger partial charge in [-0.15, -0.1) is 55.4 Å². The third kappa shape index (κ3) is 253. The van der Waals surface area contributed by atoms with Crippen LogP contribution < -0.4 is 27.9 Å². The van der Waals surface area contributed by atoms with Gasteiger partial charge in [-0.2, -0.15) is 40.8 Å². The summed E-state index contributed by atoms with van der Waals surface area (Å²) in [7, 11) is 0. The first-order valence-electron chi connectivity index (χ1n) is 37.2. The summed E-state index contributed by atoms with van der Waals surface area (Å²) in [5, 5.41) is 91.6. The van der Waals surface area contributed by atoms with E-state index in [0.717, 1.165) is 86.6 Å². The first-order valence-corrected chi connectivity index (χ1v) is 37.2. The summed E-state index contributed by atoms with van der Waals surface area (Å²) in [4.78, 5) is 27.7. The van der Waals surface area contributed by atoms with E-state index < -0.39 is 0 Å². The minimum Gasteiger partial charge on any atom is -0.403 e. The standard InChI is InChI=1S/C7H13N.C7H11N.C6H10N2.C6H12N2.C6H10N2.C6H12N2.C6H10N2.2C5H7N3.C5H11N3.C5H9N3.C4H6N4.3C4H8.2C3H7N.C2H6N2/c2*1-6(2)5-8-7(3)4;1-5-3-7-6(2)8-4-5;2*1-5(2)8-4-6(3)7;2*1-5(2)7-8-6(3)4;2*1-4-3-6-5(2)8-7-4;2*1-4(2)7-8-5(3)6;1-3-5-7-4(2)8-6-3;3*1-4(2)3;2*1-3(2)4;1-2(3)4/h5H,1-4H3;5H,1,3H2,2,4H3;3H,4H2,1-2H3,(H,7,8);4H,7H2,1-3H3;4,7H,1H2,2-3H3;1-4H3;1,3H2,2,4H3;2*3H,1-2H3;1-3H3,(H2,6,8);6H,1H2,2-3H3;1-2H3;3*1H2,2-3H3;4H,1-2H3;1,4H2,2H3;1H3,(H3,3,4)/b;;;6-4-;;;;;;;;;;;;;;. The molecule has 0 saturated carbocycles. The Kier molecular flexibility index (Phi) is 115. The normalized spacial score (nSPS) is 9.32. The van der Waals surface area contributed by atoms with Crippen LogP contribution >= 0.6 is 0 Å². The topological polar surface area (TPSA) is 499 Å². The van der Waals surface area contributed by atoms with E-state index in [1.807, 2.05) is 192 Å². The fraction of sp³-hybridized carbons (Fsp3) is 0.466. The largest absolute Gasteiger partial charge is 0.403 e. The third-order valence-electron chi connectivity index (χ3n) is 7.10. The molecule has 1 aliphatic rings. The van der Waals surface area contributed by atoms with Crippen LogP contribution in [0.25, 0.3) is 0 Å². The highest BCUT2D eigenvalue weighted by Crippen LogP contribution is 1.97. The molecule has 0 spiro atoms. The Labute approximate surface area is 726 Å². The number of hydrogen-bond donors (Lipinski definition) is 10. The maximum absolute atomic E-state index is 6.90. The van der Waals surface area contributed by atoms with Crippen LogP contribution in [0.5, 0.6) is 0 Å². The molecule has 4 heterocycles. The Morgan fingerprint density at radius 3 is 0.833 bits per heavy atom. The summed E-state index contributed by atoms with van der Waals surface area (Å²) in [5.74, 6) is 4.40. The first kappa shape index (κ1) is 139. The second-order valence-corrected chi connectivity index (χ2v) is 27.8. The number of aliphatic imine (C=N–C) groups is 5. The molecule has 3 aromatic rings. The molecule has 0 aromatic carbocycles. The highest BCUT2D eigenvalue weighted by Gasteiger charge is 1.95. The number of rotatable bonds is 11. The summed E-state index contributed by atoms with van der Waals surface area (Å²) >= 11 is 0. The van der Waals surface area contributed by atoms with Gasteiger partial charge in [-0.05, 0) is 294 Å². The van der Waals surface area contributed by atoms with E-state index in [1.165, 1.54) is 41.0 Å². The van der Waals surface area contributed by atoms with Gasteiger partial charge in [-0.25, -0.2) is 9.97 Å². The molecule has 0 radical (unpaired) electrons. The lowest BCUT2D eigenvalue weighted by Gasteiger charge is -2.07. The van der Waals surface area contributed by atoms with Crippen molar-refractivity contribution in [3.8, 4) is 0 Å². The number of hydrogen-bond acceptors (Lipinski definition) is 29. The molecular weight excluding hydrogens is 1510 g/mol. The summed E-state index contributed by atoms with van der Waals surface area (Å²) < 4.78 is 0. The monoisotopic (exact) mass is 1670 g/mol. The Hall–Kier alpha value is -12.5. The Morgan fingerprint density at radius 1 is 0.408 bits per heavy atom. The molecule has 3 aromatic heterocycles. The summed E-state index contributed by atoms with van der Waals surface area (Å²) in [6.07, 6.45) is 12.1. The second kappa shape index (κ2) is 98.9. The van der Waals surface area contributed by atoms with Crippen LogP contribution in [0.2, 0.25) is 0 Å². The van der Waals surface area contributed by atoms with Crippen molar-refractivity contribution in [2.75, 3.05) is 6.54 Å². The van der Waals surface area contributed by atoms with Gasteiger partial charge in [0.2, 0.25) is 0 Å². The van der Waals surface area contributed by atoms with Gasteiger partial charge in [0.05, 0.1) is 59.1 Å². The fourth-order valence-corrected chi connectivity index (χ4v) is 3.31. The lowest BCUT2D eigenvalue weighted by molar-refractivity contribution is 0.767. The van der Waals surface area contributed by atoms with E-state index in [2.05, 4.69) is 195 Å². The van der Waals surface area contributed by atoms with Crippen molar-refractivity contribution in [2.24, 2.45) is 77.9 Å². The van der Waals surface area contributed by atoms with Crippen LogP contribution in [0.4, 0.5) is 0 Å². The van der Waals surface area contributed by atoms with Crippen LogP contribution in [0.1, 0.15) is 270 Å². The van der Waals surface area contributed by atoms with Gasteiger partial charge in [-0.3, -0.25) is 46.6 Å². The van der Waals surface area contributed by atoms with E-state index in [1.54, 1.807) is 108 Å². The Bertz CT molecular complexity index is 3200. The minimum absolute atomic E-state index is 0.167. The number of nitrogens with two attached hydrogens (primary N) is 3. The molecule has 32 nitrogen and oxygen atoms in total. The van der Waals surface area contributed by atoms with Gasteiger partial charge in [0.15, 0.2) is 11.6 Å². The molecule has 0 saturated heterocycles. The molecule has 0 amide bonds. The highest BCUT2D eigenvalue weighted by atomic mass is 15.3. The predicted octanol–water partition coefficient (Wildman–Crippen LogP) is 22.8. The smallest absolute Gasteiger partial charge is 0.170 e. The summed E-state index contributed by atoms with van der Waals surface area (Å²) in [6, 6.07) is 0. The van der Waals surface area contributed by atoms with Crippen molar-refractivity contribution in [3.05, 3.63) is 205 Å². The van der Waals surface area contributed by atoms with E-state index in [9.17, 15) is 0 Å².